The second kappa shape index (κ2) is 8.32. The number of halogens is 6. The fraction of sp³-hybridized carbons (Fsp3) is 0.500. The zero-order chi connectivity index (χ0) is 18.1. The molecule has 0 aromatic heterocycles. The van der Waals surface area contributed by atoms with Crippen LogP contribution in [0.25, 0.3) is 0 Å². The van der Waals surface area contributed by atoms with Gasteiger partial charge in [0.05, 0.1) is 17.2 Å². The van der Waals surface area contributed by atoms with E-state index in [9.17, 15) is 31.1 Å². The Morgan fingerprint density at radius 3 is 2.36 bits per heavy atom. The number of hydrogen-bond acceptors (Lipinski definition) is 3. The SMILES string of the molecule is O=C(O)COC1CCN(c2ccc(C(F)(F)F)cc2C(F)(F)F)C1.[CaH2]. The van der Waals surface area contributed by atoms with Gasteiger partial charge in [-0.15, -0.1) is 0 Å². The summed E-state index contributed by atoms with van der Waals surface area (Å²) >= 11 is 0. The Labute approximate surface area is 168 Å². The average molecular weight is 399 g/mol. The molecule has 1 unspecified atom stereocenters. The van der Waals surface area contributed by atoms with Crippen molar-refractivity contribution >= 4 is 49.4 Å². The van der Waals surface area contributed by atoms with Gasteiger partial charge in [-0.3, -0.25) is 0 Å². The molecule has 1 N–H and O–H groups in total. The molecule has 1 heterocycles. The molecule has 1 fully saturated rings. The van der Waals surface area contributed by atoms with Gasteiger partial charge in [0.15, 0.2) is 0 Å². The van der Waals surface area contributed by atoms with Gasteiger partial charge >= 0.3 is 56.1 Å². The van der Waals surface area contributed by atoms with Crippen molar-refractivity contribution in [3.63, 3.8) is 0 Å². The van der Waals surface area contributed by atoms with Crippen molar-refractivity contribution in [1.29, 1.82) is 0 Å². The van der Waals surface area contributed by atoms with Gasteiger partial charge in [0.25, 0.3) is 0 Å². The molecule has 0 radical (unpaired) electrons. The first-order valence-electron chi connectivity index (χ1n) is 6.85. The van der Waals surface area contributed by atoms with Crippen LogP contribution in [0.3, 0.4) is 0 Å². The van der Waals surface area contributed by atoms with Crippen LogP contribution in [0, 0.1) is 0 Å². The third kappa shape index (κ3) is 5.90. The summed E-state index contributed by atoms with van der Waals surface area (Å²) in [7, 11) is 0. The molecule has 4 nitrogen and oxygen atoms in total. The number of anilines is 1. The van der Waals surface area contributed by atoms with Crippen molar-refractivity contribution in [2.24, 2.45) is 0 Å². The molecule has 138 valence electrons. The van der Waals surface area contributed by atoms with Crippen molar-refractivity contribution in [3.05, 3.63) is 29.3 Å². The fourth-order valence-electron chi connectivity index (χ4n) is 2.49. The fourth-order valence-corrected chi connectivity index (χ4v) is 2.49. The number of hydrogen-bond donors (Lipinski definition) is 1. The first kappa shape index (κ1) is 22.3. The first-order chi connectivity index (χ1) is 11.0. The van der Waals surface area contributed by atoms with Crippen LogP contribution in [0.15, 0.2) is 18.2 Å². The molecular weight excluding hydrogens is 384 g/mol. The number of carboxylic acids is 1. The van der Waals surface area contributed by atoms with Gasteiger partial charge in [0.1, 0.15) is 6.61 Å². The maximum absolute atomic E-state index is 13.1. The Morgan fingerprint density at radius 2 is 1.84 bits per heavy atom. The van der Waals surface area contributed by atoms with E-state index in [1.165, 1.54) is 4.90 Å². The summed E-state index contributed by atoms with van der Waals surface area (Å²) in [6, 6.07) is 1.46. The van der Waals surface area contributed by atoms with Gasteiger partial charge in [-0.2, -0.15) is 26.3 Å². The summed E-state index contributed by atoms with van der Waals surface area (Å²) in [5.41, 5.74) is -3.13. The minimum atomic E-state index is -4.95. The number of rotatable bonds is 4. The molecule has 0 saturated carbocycles. The summed E-state index contributed by atoms with van der Waals surface area (Å²) in [6.07, 6.45) is -10.1. The van der Waals surface area contributed by atoms with Crippen molar-refractivity contribution in [2.45, 2.75) is 24.9 Å². The van der Waals surface area contributed by atoms with Crippen LogP contribution < -0.4 is 4.90 Å². The molecule has 1 aliphatic heterocycles. The molecule has 0 spiro atoms. The zero-order valence-corrected chi connectivity index (χ0v) is 12.1. The summed E-state index contributed by atoms with van der Waals surface area (Å²) in [6.45, 7) is -0.488. The Balaban J connectivity index is 0.00000312. The van der Waals surface area contributed by atoms with Crippen molar-refractivity contribution in [2.75, 3.05) is 24.6 Å². The summed E-state index contributed by atoms with van der Waals surface area (Å²) < 4.78 is 82.3. The average Bonchev–Trinajstić information content (AvgIpc) is 2.91. The monoisotopic (exact) mass is 399 g/mol. The Bertz CT molecular complexity index is 620. The number of ether oxygens (including phenoxy) is 1. The van der Waals surface area contributed by atoms with E-state index < -0.39 is 42.2 Å². The van der Waals surface area contributed by atoms with Crippen LogP contribution in [-0.4, -0.2) is 74.6 Å². The topological polar surface area (TPSA) is 49.8 Å². The second-order valence-corrected chi connectivity index (χ2v) is 5.29. The van der Waals surface area contributed by atoms with Crippen LogP contribution >= 0.6 is 0 Å². The molecule has 25 heavy (non-hydrogen) atoms. The Morgan fingerprint density at radius 1 is 1.20 bits per heavy atom. The quantitative estimate of drug-likeness (QED) is 0.625. The number of benzene rings is 1. The standard InChI is InChI=1S/C14H13F6NO3.Ca.2H/c15-13(16,17)8-1-2-11(10(5-8)14(18,19)20)21-4-3-9(6-21)24-7-12(22)23;;;/h1-2,5,9H,3-4,6-7H2,(H,22,23);;;. The molecule has 1 aromatic rings. The van der Waals surface area contributed by atoms with Gasteiger partial charge in [-0.25, -0.2) is 4.79 Å². The van der Waals surface area contributed by atoms with E-state index in [0.29, 0.717) is 6.07 Å². The molecule has 1 aliphatic rings. The van der Waals surface area contributed by atoms with E-state index in [2.05, 4.69) is 0 Å². The summed E-state index contributed by atoms with van der Waals surface area (Å²) in [5, 5.41) is 8.52. The van der Waals surface area contributed by atoms with E-state index in [4.69, 9.17) is 9.84 Å². The summed E-state index contributed by atoms with van der Waals surface area (Å²) in [5.74, 6) is -1.21. The number of carbonyl (C=O) groups is 1. The van der Waals surface area contributed by atoms with Crippen molar-refractivity contribution < 1.29 is 41.0 Å². The van der Waals surface area contributed by atoms with E-state index in [1.807, 2.05) is 0 Å². The van der Waals surface area contributed by atoms with E-state index >= 15 is 0 Å². The number of nitrogens with zero attached hydrogens (tertiary/aromatic N) is 1. The molecule has 0 aliphatic carbocycles. The molecule has 11 heteroatoms. The van der Waals surface area contributed by atoms with Crippen LogP contribution in [0.5, 0.6) is 0 Å². The molecule has 2 rings (SSSR count). The van der Waals surface area contributed by atoms with Gasteiger partial charge in [0.2, 0.25) is 0 Å². The predicted octanol–water partition coefficient (Wildman–Crippen LogP) is 2.49. The minimum absolute atomic E-state index is 0. The molecule has 0 bridgehead atoms. The molecule has 1 atom stereocenters. The second-order valence-electron chi connectivity index (χ2n) is 5.29. The van der Waals surface area contributed by atoms with Crippen LogP contribution in [0.1, 0.15) is 17.5 Å². The van der Waals surface area contributed by atoms with Crippen molar-refractivity contribution in [1.82, 2.24) is 0 Å². The Hall–Kier alpha value is -0.710. The third-order valence-corrected chi connectivity index (χ3v) is 3.56. The van der Waals surface area contributed by atoms with Crippen molar-refractivity contribution in [3.8, 4) is 0 Å². The predicted molar refractivity (Wildman–Crippen MR) is 79.2 cm³/mol. The van der Waals surface area contributed by atoms with Crippen LogP contribution in [-0.2, 0) is 21.9 Å². The number of alkyl halides is 6. The molecule has 1 aromatic carbocycles. The van der Waals surface area contributed by atoms with Gasteiger partial charge < -0.3 is 14.7 Å². The van der Waals surface area contributed by atoms with E-state index in [0.717, 1.165) is 6.07 Å². The van der Waals surface area contributed by atoms with E-state index in [1.54, 1.807) is 0 Å². The Kier molecular flexibility index (Phi) is 7.43. The van der Waals surface area contributed by atoms with Crippen LogP contribution in [0.4, 0.5) is 32.0 Å². The van der Waals surface area contributed by atoms with Gasteiger partial charge in [-0.05, 0) is 24.6 Å². The van der Waals surface area contributed by atoms with E-state index in [-0.39, 0.29) is 69.0 Å². The number of carboxylic acid groups (broad SMARTS) is 1. The molecule has 0 amide bonds. The third-order valence-electron chi connectivity index (χ3n) is 3.56. The normalized spacial score (nSPS) is 18.2. The van der Waals surface area contributed by atoms with Gasteiger partial charge in [0, 0.05) is 18.8 Å². The molecular formula is C14H15CaF6NO3. The van der Waals surface area contributed by atoms with Crippen LogP contribution in [0.2, 0.25) is 0 Å². The maximum atomic E-state index is 13.1. The molecule has 1 saturated heterocycles. The number of aliphatic carboxylic acids is 1. The zero-order valence-electron chi connectivity index (χ0n) is 12.1. The summed E-state index contributed by atoms with van der Waals surface area (Å²) in [4.78, 5) is 11.7. The van der Waals surface area contributed by atoms with Gasteiger partial charge in [-0.1, -0.05) is 0 Å². The first-order valence-corrected chi connectivity index (χ1v) is 6.85.